The second-order valence-corrected chi connectivity index (χ2v) is 6.90. The number of nitrogens with one attached hydrogen (secondary N) is 1. The van der Waals surface area contributed by atoms with E-state index < -0.39 is 11.7 Å². The molecular weight excluding hydrogens is 364 g/mol. The molecule has 0 radical (unpaired) electrons. The van der Waals surface area contributed by atoms with Gasteiger partial charge in [0, 0.05) is 16.5 Å². The van der Waals surface area contributed by atoms with Crippen LogP contribution in [0.1, 0.15) is 15.9 Å². The van der Waals surface area contributed by atoms with E-state index in [1.54, 1.807) is 24.3 Å². The molecule has 2 aromatic carbocycles. The summed E-state index contributed by atoms with van der Waals surface area (Å²) < 4.78 is 11.1. The molecule has 0 spiro atoms. The molecule has 1 aliphatic rings. The van der Waals surface area contributed by atoms with Gasteiger partial charge in [-0.15, -0.1) is 11.3 Å². The van der Waals surface area contributed by atoms with Gasteiger partial charge in [-0.05, 0) is 25.1 Å². The summed E-state index contributed by atoms with van der Waals surface area (Å²) in [4.78, 5) is 28.8. The average Bonchev–Trinajstić information content (AvgIpc) is 3.16. The molecule has 0 aliphatic carbocycles. The molecule has 1 aliphatic heterocycles. The molecule has 0 saturated carbocycles. The van der Waals surface area contributed by atoms with Crippen LogP contribution in [0.2, 0.25) is 0 Å². The molecule has 7 heteroatoms. The zero-order valence-corrected chi connectivity index (χ0v) is 15.3. The third-order valence-corrected chi connectivity index (χ3v) is 4.84. The predicted octanol–water partition coefficient (Wildman–Crippen LogP) is 3.71. The zero-order valence-electron chi connectivity index (χ0n) is 14.5. The molecular formula is C20H16N2O4S. The van der Waals surface area contributed by atoms with Crippen LogP contribution < -0.4 is 14.8 Å². The van der Waals surface area contributed by atoms with E-state index in [4.69, 9.17) is 9.47 Å². The first-order chi connectivity index (χ1) is 13.1. The number of hydrogen-bond acceptors (Lipinski definition) is 6. The molecule has 6 nitrogen and oxygen atoms in total. The van der Waals surface area contributed by atoms with Crippen molar-refractivity contribution in [3.8, 4) is 22.8 Å². The topological polar surface area (TPSA) is 77.5 Å². The monoisotopic (exact) mass is 380 g/mol. The van der Waals surface area contributed by atoms with Crippen molar-refractivity contribution in [2.24, 2.45) is 0 Å². The lowest BCUT2D eigenvalue weighted by Crippen LogP contribution is -2.22. The predicted molar refractivity (Wildman–Crippen MR) is 103 cm³/mol. The Labute approximate surface area is 159 Å². The van der Waals surface area contributed by atoms with Crippen molar-refractivity contribution >= 4 is 28.2 Å². The summed E-state index contributed by atoms with van der Waals surface area (Å²) in [7, 11) is 0. The van der Waals surface area contributed by atoms with Crippen molar-refractivity contribution in [3.05, 3.63) is 59.0 Å². The first kappa shape index (κ1) is 17.2. The summed E-state index contributed by atoms with van der Waals surface area (Å²) in [5, 5.41) is 4.75. The second-order valence-electron chi connectivity index (χ2n) is 6.05. The van der Waals surface area contributed by atoms with Crippen LogP contribution in [0.3, 0.4) is 0 Å². The van der Waals surface area contributed by atoms with Gasteiger partial charge >= 0.3 is 0 Å². The lowest BCUT2D eigenvalue weighted by Gasteiger charge is -2.18. The first-order valence-corrected chi connectivity index (χ1v) is 9.26. The molecule has 0 atom stereocenters. The van der Waals surface area contributed by atoms with E-state index in [0.717, 1.165) is 11.1 Å². The number of aryl methyl sites for hydroxylation is 1. The van der Waals surface area contributed by atoms with Gasteiger partial charge in [0.05, 0.1) is 5.69 Å². The third-order valence-electron chi connectivity index (χ3n) is 4.08. The van der Waals surface area contributed by atoms with Gasteiger partial charge in [0.1, 0.15) is 13.2 Å². The number of rotatable bonds is 4. The lowest BCUT2D eigenvalue weighted by atomic mass is 10.1. The number of hydrogen-bond donors (Lipinski definition) is 1. The molecule has 2 heterocycles. The average molecular weight is 380 g/mol. The van der Waals surface area contributed by atoms with Gasteiger partial charge in [0.15, 0.2) is 16.6 Å². The minimum atomic E-state index is -0.707. The summed E-state index contributed by atoms with van der Waals surface area (Å²) in [5.74, 6) is 0.0809. The summed E-state index contributed by atoms with van der Waals surface area (Å²) in [5.41, 5.74) is 2.91. The van der Waals surface area contributed by atoms with Gasteiger partial charge < -0.3 is 9.47 Å². The Morgan fingerprint density at radius 1 is 1.04 bits per heavy atom. The lowest BCUT2D eigenvalue weighted by molar-refractivity contribution is -0.112. The van der Waals surface area contributed by atoms with Crippen molar-refractivity contribution < 1.29 is 19.1 Å². The van der Waals surface area contributed by atoms with Gasteiger partial charge in [-0.25, -0.2) is 4.98 Å². The smallest absolute Gasteiger partial charge is 0.298 e. The molecule has 4 rings (SSSR count). The molecule has 0 saturated heterocycles. The Morgan fingerprint density at radius 2 is 1.78 bits per heavy atom. The molecule has 0 fully saturated rings. The number of anilines is 1. The molecule has 0 bridgehead atoms. The van der Waals surface area contributed by atoms with Crippen molar-refractivity contribution in [2.75, 3.05) is 18.5 Å². The fourth-order valence-electron chi connectivity index (χ4n) is 2.66. The number of carbonyl (C=O) groups excluding carboxylic acids is 2. The van der Waals surface area contributed by atoms with Gasteiger partial charge in [-0.3, -0.25) is 14.9 Å². The molecule has 1 amide bonds. The highest BCUT2D eigenvalue weighted by Crippen LogP contribution is 2.35. The molecule has 1 N–H and O–H groups in total. The summed E-state index contributed by atoms with van der Waals surface area (Å²) in [6.45, 7) is 2.97. The Kier molecular flexibility index (Phi) is 4.60. The first-order valence-electron chi connectivity index (χ1n) is 8.38. The number of carbonyl (C=O) groups is 2. The van der Waals surface area contributed by atoms with Gasteiger partial charge in [-0.1, -0.05) is 29.8 Å². The largest absolute Gasteiger partial charge is 0.486 e. The summed E-state index contributed by atoms with van der Waals surface area (Å²) in [6, 6.07) is 12.4. The van der Waals surface area contributed by atoms with E-state index >= 15 is 0 Å². The normalized spacial score (nSPS) is 12.5. The van der Waals surface area contributed by atoms with Crippen LogP contribution in [0.25, 0.3) is 11.3 Å². The number of benzene rings is 2. The van der Waals surface area contributed by atoms with E-state index in [2.05, 4.69) is 10.3 Å². The maximum absolute atomic E-state index is 12.2. The Balaban J connectivity index is 1.48. The highest BCUT2D eigenvalue weighted by molar-refractivity contribution is 7.14. The molecule has 136 valence electrons. The highest BCUT2D eigenvalue weighted by atomic mass is 32.1. The highest BCUT2D eigenvalue weighted by Gasteiger charge is 2.18. The van der Waals surface area contributed by atoms with Crippen LogP contribution >= 0.6 is 11.3 Å². The standard InChI is InChI=1S/C20H16N2O4S/c1-12-2-4-13(5-3-12)18(23)19(24)22-20-21-15(11-27-20)14-6-7-16-17(10-14)26-9-8-25-16/h2-7,10-11H,8-9H2,1H3,(H,21,22,24). The quantitative estimate of drug-likeness (QED) is 0.551. The maximum atomic E-state index is 12.2. The van der Waals surface area contributed by atoms with Crippen LogP contribution in [0.5, 0.6) is 11.5 Å². The summed E-state index contributed by atoms with van der Waals surface area (Å²) >= 11 is 1.26. The van der Waals surface area contributed by atoms with Crippen molar-refractivity contribution in [1.29, 1.82) is 0 Å². The van der Waals surface area contributed by atoms with Crippen LogP contribution in [0.15, 0.2) is 47.8 Å². The van der Waals surface area contributed by atoms with E-state index in [0.29, 0.717) is 41.1 Å². The fraction of sp³-hybridized carbons (Fsp3) is 0.150. The SMILES string of the molecule is Cc1ccc(C(=O)C(=O)Nc2nc(-c3ccc4c(c3)OCCO4)cs2)cc1. The van der Waals surface area contributed by atoms with E-state index in [1.807, 2.05) is 30.5 Å². The van der Waals surface area contributed by atoms with E-state index in [-0.39, 0.29) is 0 Å². The second kappa shape index (κ2) is 7.20. The number of amides is 1. The Bertz CT molecular complexity index is 1010. The molecule has 27 heavy (non-hydrogen) atoms. The third kappa shape index (κ3) is 3.68. The maximum Gasteiger partial charge on any atom is 0.298 e. The van der Waals surface area contributed by atoms with Crippen LogP contribution in [0, 0.1) is 6.92 Å². The fourth-order valence-corrected chi connectivity index (χ4v) is 3.37. The number of nitrogens with zero attached hydrogens (tertiary/aromatic N) is 1. The summed E-state index contributed by atoms with van der Waals surface area (Å²) in [6.07, 6.45) is 0. The minimum Gasteiger partial charge on any atom is -0.486 e. The number of thiazole rings is 1. The van der Waals surface area contributed by atoms with E-state index in [1.165, 1.54) is 11.3 Å². The number of ketones is 1. The number of fused-ring (bicyclic) bond motifs is 1. The number of aromatic nitrogens is 1. The van der Waals surface area contributed by atoms with Crippen LogP contribution in [-0.2, 0) is 4.79 Å². The Morgan fingerprint density at radius 3 is 2.56 bits per heavy atom. The van der Waals surface area contributed by atoms with Gasteiger partial charge in [0.25, 0.3) is 11.7 Å². The van der Waals surface area contributed by atoms with Crippen molar-refractivity contribution in [1.82, 2.24) is 4.98 Å². The molecule has 0 unspecified atom stereocenters. The van der Waals surface area contributed by atoms with E-state index in [9.17, 15) is 9.59 Å². The number of ether oxygens (including phenoxy) is 2. The van der Waals surface area contributed by atoms with Crippen molar-refractivity contribution in [2.45, 2.75) is 6.92 Å². The minimum absolute atomic E-state index is 0.349. The van der Waals surface area contributed by atoms with Crippen LogP contribution in [-0.4, -0.2) is 29.9 Å². The van der Waals surface area contributed by atoms with Crippen molar-refractivity contribution in [3.63, 3.8) is 0 Å². The molecule has 3 aromatic rings. The number of Topliss-reactive ketones (excluding diaryl/α,β-unsaturated/α-hetero) is 1. The molecule has 1 aromatic heterocycles. The van der Waals surface area contributed by atoms with Crippen LogP contribution in [0.4, 0.5) is 5.13 Å². The zero-order chi connectivity index (χ0) is 18.8. The van der Waals surface area contributed by atoms with Gasteiger partial charge in [0.2, 0.25) is 0 Å². The van der Waals surface area contributed by atoms with Gasteiger partial charge in [-0.2, -0.15) is 0 Å². The Hall–Kier alpha value is -3.19.